The van der Waals surface area contributed by atoms with Gasteiger partial charge in [0.1, 0.15) is 0 Å². The summed E-state index contributed by atoms with van der Waals surface area (Å²) in [5, 5.41) is 7.38. The van der Waals surface area contributed by atoms with E-state index in [1.54, 1.807) is 36.0 Å². The van der Waals surface area contributed by atoms with Gasteiger partial charge in [0.2, 0.25) is 10.0 Å². The van der Waals surface area contributed by atoms with Crippen molar-refractivity contribution < 1.29 is 13.2 Å². The molecule has 2 aromatic rings. The highest BCUT2D eigenvalue weighted by Gasteiger charge is 2.12. The number of imidazole rings is 1. The number of rotatable bonds is 4. The van der Waals surface area contributed by atoms with Crippen LogP contribution in [0.1, 0.15) is 16.1 Å². The van der Waals surface area contributed by atoms with E-state index >= 15 is 0 Å². The van der Waals surface area contributed by atoms with Crippen LogP contribution in [0, 0.1) is 6.92 Å². The molecule has 3 N–H and O–H groups in total. The van der Waals surface area contributed by atoms with Crippen LogP contribution in [0.2, 0.25) is 0 Å². The van der Waals surface area contributed by atoms with Gasteiger partial charge in [-0.15, -0.1) is 0 Å². The van der Waals surface area contributed by atoms with Crippen LogP contribution in [0.25, 0.3) is 5.52 Å². The van der Waals surface area contributed by atoms with Crippen LogP contribution in [0.4, 0.5) is 0 Å². The number of primary sulfonamides is 1. The van der Waals surface area contributed by atoms with E-state index in [9.17, 15) is 13.2 Å². The molecule has 0 radical (unpaired) electrons. The van der Waals surface area contributed by atoms with Gasteiger partial charge in [-0.05, 0) is 19.1 Å². The Morgan fingerprint density at radius 1 is 1.47 bits per heavy atom. The van der Waals surface area contributed by atoms with E-state index in [1.165, 1.54) is 0 Å². The molecule has 102 valence electrons. The number of hydrogen-bond acceptors (Lipinski definition) is 4. The molecule has 19 heavy (non-hydrogen) atoms. The van der Waals surface area contributed by atoms with Gasteiger partial charge in [0.15, 0.2) is 0 Å². The van der Waals surface area contributed by atoms with E-state index in [-0.39, 0.29) is 18.2 Å². The predicted octanol–water partition coefficient (Wildman–Crippen LogP) is -0.339. The molecule has 0 atom stereocenters. The van der Waals surface area contributed by atoms with E-state index in [4.69, 9.17) is 5.14 Å². The number of fused-ring (bicyclic) bond motifs is 1. The number of carbonyl (C=O) groups is 1. The summed E-state index contributed by atoms with van der Waals surface area (Å²) < 4.78 is 23.3. The van der Waals surface area contributed by atoms with Crippen LogP contribution in [-0.2, 0) is 10.0 Å². The third-order valence-electron chi connectivity index (χ3n) is 2.76. The Morgan fingerprint density at radius 3 is 2.89 bits per heavy atom. The number of nitrogens with zero attached hydrogens (tertiary/aromatic N) is 2. The van der Waals surface area contributed by atoms with Gasteiger partial charge < -0.3 is 9.72 Å². The molecule has 2 rings (SSSR count). The minimum Gasteiger partial charge on any atom is -0.351 e. The first kappa shape index (κ1) is 13.5. The van der Waals surface area contributed by atoms with Crippen molar-refractivity contribution in [1.82, 2.24) is 14.7 Å². The topological polar surface area (TPSA) is 107 Å². The first-order valence-corrected chi connectivity index (χ1v) is 7.30. The Hall–Kier alpha value is -1.93. The first-order chi connectivity index (χ1) is 8.88. The van der Waals surface area contributed by atoms with Gasteiger partial charge in [-0.3, -0.25) is 4.79 Å². The van der Waals surface area contributed by atoms with Crippen LogP contribution in [0.15, 0.2) is 24.7 Å². The third kappa shape index (κ3) is 3.09. The maximum Gasteiger partial charge on any atom is 0.253 e. The second kappa shape index (κ2) is 4.98. The summed E-state index contributed by atoms with van der Waals surface area (Å²) in [6.45, 7) is 1.78. The van der Waals surface area contributed by atoms with Gasteiger partial charge in [0, 0.05) is 12.2 Å². The van der Waals surface area contributed by atoms with Crippen molar-refractivity contribution in [2.45, 2.75) is 6.92 Å². The lowest BCUT2D eigenvalue weighted by molar-refractivity contribution is 0.0955. The monoisotopic (exact) mass is 282 g/mol. The minimum absolute atomic E-state index is 0.0148. The normalized spacial score (nSPS) is 11.7. The van der Waals surface area contributed by atoms with Crippen LogP contribution < -0.4 is 10.5 Å². The summed E-state index contributed by atoms with van der Waals surface area (Å²) in [4.78, 5) is 15.9. The van der Waals surface area contributed by atoms with E-state index in [0.717, 1.165) is 11.2 Å². The lowest BCUT2D eigenvalue weighted by atomic mass is 10.2. The number of nitrogens with two attached hydrogens (primary N) is 1. The van der Waals surface area contributed by atoms with Gasteiger partial charge >= 0.3 is 0 Å². The molecule has 0 aliphatic rings. The summed E-state index contributed by atoms with van der Waals surface area (Å²) in [7, 11) is -3.57. The number of nitrogens with one attached hydrogen (secondary N) is 1. The number of aryl methyl sites for hydroxylation is 1. The zero-order valence-corrected chi connectivity index (χ0v) is 11.1. The second-order valence-electron chi connectivity index (χ2n) is 4.14. The quantitative estimate of drug-likeness (QED) is 0.800. The molecule has 2 heterocycles. The van der Waals surface area contributed by atoms with Gasteiger partial charge in [-0.25, -0.2) is 18.5 Å². The largest absolute Gasteiger partial charge is 0.351 e. The summed E-state index contributed by atoms with van der Waals surface area (Å²) >= 11 is 0. The van der Waals surface area contributed by atoms with Crippen molar-refractivity contribution in [3.05, 3.63) is 35.9 Å². The Kier molecular flexibility index (Phi) is 3.54. The molecule has 0 unspecified atom stereocenters. The highest BCUT2D eigenvalue weighted by Crippen LogP contribution is 2.11. The molecule has 0 aliphatic heterocycles. The molecule has 0 spiro atoms. The Morgan fingerprint density at radius 2 is 2.21 bits per heavy atom. The highest BCUT2D eigenvalue weighted by molar-refractivity contribution is 7.89. The summed E-state index contributed by atoms with van der Waals surface area (Å²) in [6.07, 6.45) is 3.31. The van der Waals surface area contributed by atoms with Crippen molar-refractivity contribution in [2.24, 2.45) is 5.14 Å². The zero-order valence-electron chi connectivity index (χ0n) is 10.3. The molecular formula is C11H14N4O3S. The number of pyridine rings is 1. The van der Waals surface area contributed by atoms with Crippen LogP contribution in [0.5, 0.6) is 0 Å². The molecule has 0 saturated heterocycles. The van der Waals surface area contributed by atoms with Crippen molar-refractivity contribution in [3.63, 3.8) is 0 Å². The molecule has 0 aliphatic carbocycles. The summed E-state index contributed by atoms with van der Waals surface area (Å²) in [5.41, 5.74) is 2.10. The maximum absolute atomic E-state index is 11.9. The summed E-state index contributed by atoms with van der Waals surface area (Å²) in [6, 6.07) is 3.45. The molecule has 0 saturated carbocycles. The van der Waals surface area contributed by atoms with E-state index < -0.39 is 10.0 Å². The lowest BCUT2D eigenvalue weighted by Crippen LogP contribution is -2.32. The van der Waals surface area contributed by atoms with E-state index in [1.807, 2.05) is 0 Å². The lowest BCUT2D eigenvalue weighted by Gasteiger charge is -2.09. The fourth-order valence-corrected chi connectivity index (χ4v) is 2.16. The van der Waals surface area contributed by atoms with E-state index in [2.05, 4.69) is 10.3 Å². The maximum atomic E-state index is 11.9. The standard InChI is InChI=1S/C11H14N4O3S/c1-8-10(3-2-9-6-13-7-15(8)9)11(16)14-4-5-19(12,17)18/h2-3,6-7H,4-5H2,1H3,(H,14,16)(H2,12,17,18). The molecule has 1 amide bonds. The Balaban J connectivity index is 2.15. The predicted molar refractivity (Wildman–Crippen MR) is 70.2 cm³/mol. The van der Waals surface area contributed by atoms with Gasteiger partial charge in [0.05, 0.1) is 29.4 Å². The molecular weight excluding hydrogens is 268 g/mol. The first-order valence-electron chi connectivity index (χ1n) is 5.59. The Bertz CT molecular complexity index is 721. The number of carbonyl (C=O) groups excluding carboxylic acids is 1. The molecule has 0 aromatic carbocycles. The number of hydrogen-bond donors (Lipinski definition) is 2. The molecule has 2 aromatic heterocycles. The SMILES string of the molecule is Cc1c(C(=O)NCCS(N)(=O)=O)ccc2cncn12. The summed E-state index contributed by atoms with van der Waals surface area (Å²) in [5.74, 6) is -0.623. The van der Waals surface area contributed by atoms with Crippen LogP contribution >= 0.6 is 0 Å². The average Bonchev–Trinajstić information content (AvgIpc) is 2.76. The van der Waals surface area contributed by atoms with Crippen molar-refractivity contribution in [2.75, 3.05) is 12.3 Å². The third-order valence-corrected chi connectivity index (χ3v) is 3.53. The minimum atomic E-state index is -3.57. The molecule has 0 fully saturated rings. The fraction of sp³-hybridized carbons (Fsp3) is 0.273. The highest BCUT2D eigenvalue weighted by atomic mass is 32.2. The van der Waals surface area contributed by atoms with E-state index in [0.29, 0.717) is 5.56 Å². The Labute approximate surface area is 110 Å². The second-order valence-corrected chi connectivity index (χ2v) is 5.88. The van der Waals surface area contributed by atoms with Gasteiger partial charge in [-0.1, -0.05) is 0 Å². The molecule has 0 bridgehead atoms. The number of amides is 1. The van der Waals surface area contributed by atoms with Crippen molar-refractivity contribution in [1.29, 1.82) is 0 Å². The smallest absolute Gasteiger partial charge is 0.253 e. The van der Waals surface area contributed by atoms with Crippen LogP contribution in [0.3, 0.4) is 0 Å². The van der Waals surface area contributed by atoms with Crippen molar-refractivity contribution in [3.8, 4) is 0 Å². The number of sulfonamides is 1. The molecule has 8 heteroatoms. The molecule has 7 nitrogen and oxygen atoms in total. The van der Waals surface area contributed by atoms with Gasteiger partial charge in [-0.2, -0.15) is 0 Å². The number of aromatic nitrogens is 2. The fourth-order valence-electron chi connectivity index (χ4n) is 1.77. The van der Waals surface area contributed by atoms with Gasteiger partial charge in [0.25, 0.3) is 5.91 Å². The van der Waals surface area contributed by atoms with Crippen LogP contribution in [-0.4, -0.2) is 36.0 Å². The zero-order chi connectivity index (χ0) is 14.0. The average molecular weight is 282 g/mol. The van der Waals surface area contributed by atoms with Crippen molar-refractivity contribution >= 4 is 21.4 Å².